The topological polar surface area (TPSA) is 29.1 Å². The van der Waals surface area contributed by atoms with E-state index in [-0.39, 0.29) is 5.91 Å². The summed E-state index contributed by atoms with van der Waals surface area (Å²) in [6, 6.07) is 15.9. The third kappa shape index (κ3) is 4.12. The van der Waals surface area contributed by atoms with Crippen LogP contribution in [0, 0.1) is 6.92 Å². The molecule has 0 unspecified atom stereocenters. The van der Waals surface area contributed by atoms with E-state index < -0.39 is 0 Å². The Labute approximate surface area is 132 Å². The van der Waals surface area contributed by atoms with E-state index in [0.717, 1.165) is 15.8 Å². The molecule has 2 aromatic rings. The summed E-state index contributed by atoms with van der Waals surface area (Å²) < 4.78 is 0.869. The fourth-order valence-electron chi connectivity index (χ4n) is 1.77. The third-order valence-electron chi connectivity index (χ3n) is 2.84. The molecule has 0 fully saturated rings. The van der Waals surface area contributed by atoms with Crippen molar-refractivity contribution in [3.05, 3.63) is 64.1 Å². The van der Waals surface area contributed by atoms with Gasteiger partial charge in [0.25, 0.3) is 5.91 Å². The summed E-state index contributed by atoms with van der Waals surface area (Å²) in [5.74, 6) is 0.827. The van der Waals surface area contributed by atoms with E-state index in [1.54, 1.807) is 11.8 Å². The second-order valence-corrected chi connectivity index (χ2v) is 6.32. The summed E-state index contributed by atoms with van der Waals surface area (Å²) in [6.45, 7) is 2.63. The molecule has 0 aliphatic rings. The van der Waals surface area contributed by atoms with Crippen molar-refractivity contribution in [3.63, 3.8) is 0 Å². The van der Waals surface area contributed by atoms with Gasteiger partial charge in [-0.05, 0) is 46.6 Å². The summed E-state index contributed by atoms with van der Waals surface area (Å²) in [5, 5.41) is 2.95. The van der Waals surface area contributed by atoms with Crippen LogP contribution in [0.2, 0.25) is 0 Å². The molecule has 0 aliphatic heterocycles. The van der Waals surface area contributed by atoms with Gasteiger partial charge in [-0.2, -0.15) is 0 Å². The first kappa shape index (κ1) is 15.1. The lowest BCUT2D eigenvalue weighted by atomic mass is 10.1. The zero-order valence-corrected chi connectivity index (χ0v) is 13.6. The fourth-order valence-corrected chi connectivity index (χ4v) is 3.00. The lowest BCUT2D eigenvalue weighted by Crippen LogP contribution is -2.26. The first-order chi connectivity index (χ1) is 9.68. The van der Waals surface area contributed by atoms with Gasteiger partial charge in [0.15, 0.2) is 0 Å². The van der Waals surface area contributed by atoms with E-state index in [4.69, 9.17) is 0 Å². The molecule has 0 saturated carbocycles. The molecule has 0 heterocycles. The quantitative estimate of drug-likeness (QED) is 0.644. The standard InChI is InChI=1S/C16H16BrNOS/c1-12-6-5-9-14(15(12)17)16(19)18-10-11-20-13-7-3-2-4-8-13/h2-9H,10-11H2,1H3,(H,18,19). The highest BCUT2D eigenvalue weighted by molar-refractivity contribution is 9.10. The Balaban J connectivity index is 1.82. The predicted molar refractivity (Wildman–Crippen MR) is 88.4 cm³/mol. The SMILES string of the molecule is Cc1cccc(C(=O)NCCSc2ccccc2)c1Br. The van der Waals surface area contributed by atoms with Crippen LogP contribution in [0.5, 0.6) is 0 Å². The molecule has 2 nitrogen and oxygen atoms in total. The molecular weight excluding hydrogens is 334 g/mol. The minimum Gasteiger partial charge on any atom is -0.351 e. The van der Waals surface area contributed by atoms with Gasteiger partial charge in [0.2, 0.25) is 0 Å². The fraction of sp³-hybridized carbons (Fsp3) is 0.188. The van der Waals surface area contributed by atoms with Crippen LogP contribution in [0.25, 0.3) is 0 Å². The molecule has 4 heteroatoms. The van der Waals surface area contributed by atoms with Crippen molar-refractivity contribution in [2.24, 2.45) is 0 Å². The number of aryl methyl sites for hydroxylation is 1. The molecule has 0 spiro atoms. The average molecular weight is 350 g/mol. The van der Waals surface area contributed by atoms with Crippen LogP contribution in [-0.4, -0.2) is 18.2 Å². The van der Waals surface area contributed by atoms with Crippen LogP contribution in [0.4, 0.5) is 0 Å². The monoisotopic (exact) mass is 349 g/mol. The van der Waals surface area contributed by atoms with Gasteiger partial charge in [-0.3, -0.25) is 4.79 Å². The Morgan fingerprint density at radius 1 is 1.15 bits per heavy atom. The normalized spacial score (nSPS) is 10.3. The Kier molecular flexibility index (Phi) is 5.68. The molecule has 2 rings (SSSR count). The van der Waals surface area contributed by atoms with Crippen LogP contribution < -0.4 is 5.32 Å². The summed E-state index contributed by atoms with van der Waals surface area (Å²) >= 11 is 5.20. The summed E-state index contributed by atoms with van der Waals surface area (Å²) in [6.07, 6.45) is 0. The number of hydrogen-bond donors (Lipinski definition) is 1. The molecule has 0 bridgehead atoms. The minimum atomic E-state index is -0.0331. The molecule has 1 amide bonds. The largest absolute Gasteiger partial charge is 0.351 e. The van der Waals surface area contributed by atoms with E-state index in [2.05, 4.69) is 33.4 Å². The van der Waals surface area contributed by atoms with E-state index >= 15 is 0 Å². The first-order valence-corrected chi connectivity index (χ1v) is 8.17. The number of amides is 1. The van der Waals surface area contributed by atoms with Gasteiger partial charge in [-0.25, -0.2) is 0 Å². The number of halogens is 1. The predicted octanol–water partition coefficient (Wildman–Crippen LogP) is 4.28. The van der Waals surface area contributed by atoms with Gasteiger partial charge in [0.1, 0.15) is 0 Å². The van der Waals surface area contributed by atoms with E-state index in [1.165, 1.54) is 4.90 Å². The molecule has 20 heavy (non-hydrogen) atoms. The van der Waals surface area contributed by atoms with Gasteiger partial charge in [-0.15, -0.1) is 11.8 Å². The average Bonchev–Trinajstić information content (AvgIpc) is 2.47. The van der Waals surface area contributed by atoms with E-state index in [0.29, 0.717) is 12.1 Å². The number of carbonyl (C=O) groups excluding carboxylic acids is 1. The Morgan fingerprint density at radius 2 is 1.90 bits per heavy atom. The molecular formula is C16H16BrNOS. The van der Waals surface area contributed by atoms with E-state index in [1.807, 2.05) is 43.3 Å². The number of nitrogens with one attached hydrogen (secondary N) is 1. The van der Waals surface area contributed by atoms with E-state index in [9.17, 15) is 4.79 Å². The van der Waals surface area contributed by atoms with Crippen LogP contribution in [0.3, 0.4) is 0 Å². The molecule has 0 radical (unpaired) electrons. The number of rotatable bonds is 5. The molecule has 1 N–H and O–H groups in total. The molecule has 0 atom stereocenters. The maximum absolute atomic E-state index is 12.1. The van der Waals surface area contributed by atoms with Crippen LogP contribution in [0.1, 0.15) is 15.9 Å². The number of carbonyl (C=O) groups is 1. The van der Waals surface area contributed by atoms with Gasteiger partial charge in [0, 0.05) is 21.7 Å². The number of benzene rings is 2. The molecule has 0 aromatic heterocycles. The Hall–Kier alpha value is -1.26. The maximum Gasteiger partial charge on any atom is 0.252 e. The van der Waals surface area contributed by atoms with Gasteiger partial charge in [-0.1, -0.05) is 30.3 Å². The van der Waals surface area contributed by atoms with Gasteiger partial charge < -0.3 is 5.32 Å². The lowest BCUT2D eigenvalue weighted by molar-refractivity contribution is 0.0955. The highest BCUT2D eigenvalue weighted by Crippen LogP contribution is 2.21. The second kappa shape index (κ2) is 7.50. The van der Waals surface area contributed by atoms with Gasteiger partial charge >= 0.3 is 0 Å². The highest BCUT2D eigenvalue weighted by Gasteiger charge is 2.10. The third-order valence-corrected chi connectivity index (χ3v) is 4.90. The van der Waals surface area contributed by atoms with Crippen LogP contribution in [-0.2, 0) is 0 Å². The Morgan fingerprint density at radius 3 is 2.65 bits per heavy atom. The van der Waals surface area contributed by atoms with Crippen molar-refractivity contribution >= 4 is 33.6 Å². The van der Waals surface area contributed by atoms with Crippen LogP contribution in [0.15, 0.2) is 57.9 Å². The number of hydrogen-bond acceptors (Lipinski definition) is 2. The lowest BCUT2D eigenvalue weighted by Gasteiger charge is -2.08. The van der Waals surface area contributed by atoms with Crippen molar-refractivity contribution < 1.29 is 4.79 Å². The number of thioether (sulfide) groups is 1. The zero-order valence-electron chi connectivity index (χ0n) is 11.2. The maximum atomic E-state index is 12.1. The highest BCUT2D eigenvalue weighted by atomic mass is 79.9. The Bertz CT molecular complexity index is 586. The minimum absolute atomic E-state index is 0.0331. The molecule has 0 aliphatic carbocycles. The second-order valence-electron chi connectivity index (χ2n) is 4.35. The van der Waals surface area contributed by atoms with Crippen molar-refractivity contribution in [1.29, 1.82) is 0 Å². The molecule has 0 saturated heterocycles. The van der Waals surface area contributed by atoms with Crippen molar-refractivity contribution in [2.45, 2.75) is 11.8 Å². The van der Waals surface area contributed by atoms with Crippen molar-refractivity contribution in [3.8, 4) is 0 Å². The summed E-state index contributed by atoms with van der Waals surface area (Å²) in [4.78, 5) is 13.3. The van der Waals surface area contributed by atoms with Gasteiger partial charge in [0.05, 0.1) is 5.56 Å². The first-order valence-electron chi connectivity index (χ1n) is 6.39. The smallest absolute Gasteiger partial charge is 0.252 e. The summed E-state index contributed by atoms with van der Waals surface area (Å²) in [5.41, 5.74) is 1.76. The van der Waals surface area contributed by atoms with Crippen molar-refractivity contribution in [1.82, 2.24) is 5.32 Å². The molecule has 2 aromatic carbocycles. The van der Waals surface area contributed by atoms with Crippen molar-refractivity contribution in [2.75, 3.05) is 12.3 Å². The zero-order chi connectivity index (χ0) is 14.4. The van der Waals surface area contributed by atoms with Crippen LogP contribution >= 0.6 is 27.7 Å². The summed E-state index contributed by atoms with van der Waals surface area (Å²) in [7, 11) is 0. The molecule has 104 valence electrons.